The van der Waals surface area contributed by atoms with Crippen molar-refractivity contribution in [3.8, 4) is 0 Å². The molecule has 0 aliphatic heterocycles. The maximum absolute atomic E-state index is 12.2. The van der Waals surface area contributed by atoms with E-state index in [1.807, 2.05) is 32.9 Å². The molecule has 0 aliphatic carbocycles. The molecular formula is C17H18N2O3. The van der Waals surface area contributed by atoms with Crippen LogP contribution in [0.15, 0.2) is 42.5 Å². The summed E-state index contributed by atoms with van der Waals surface area (Å²) in [5.41, 5.74) is 3.49. The third-order valence-corrected chi connectivity index (χ3v) is 3.56. The molecule has 0 bridgehead atoms. The molecule has 0 radical (unpaired) electrons. The number of hydrogen-bond acceptors (Lipinski definition) is 3. The highest BCUT2D eigenvalue weighted by molar-refractivity contribution is 5.95. The number of nitrogens with one attached hydrogen (secondary N) is 1. The molecule has 22 heavy (non-hydrogen) atoms. The Morgan fingerprint density at radius 1 is 1.18 bits per heavy atom. The van der Waals surface area contributed by atoms with Crippen LogP contribution in [0.5, 0.6) is 0 Å². The second kappa shape index (κ2) is 6.39. The van der Waals surface area contributed by atoms with Gasteiger partial charge < -0.3 is 5.32 Å². The maximum Gasteiger partial charge on any atom is 0.270 e. The lowest BCUT2D eigenvalue weighted by Gasteiger charge is -2.17. The maximum atomic E-state index is 12.2. The summed E-state index contributed by atoms with van der Waals surface area (Å²) >= 11 is 0. The third kappa shape index (κ3) is 3.49. The van der Waals surface area contributed by atoms with Crippen LogP contribution in [0.2, 0.25) is 0 Å². The van der Waals surface area contributed by atoms with E-state index in [2.05, 4.69) is 11.4 Å². The molecular weight excluding hydrogens is 280 g/mol. The van der Waals surface area contributed by atoms with E-state index in [1.54, 1.807) is 6.07 Å². The summed E-state index contributed by atoms with van der Waals surface area (Å²) in [6.45, 7) is 5.91. The monoisotopic (exact) mass is 298 g/mol. The number of hydrogen-bond donors (Lipinski definition) is 1. The molecule has 1 N–H and O–H groups in total. The fraction of sp³-hybridized carbons (Fsp3) is 0.235. The molecule has 0 spiro atoms. The summed E-state index contributed by atoms with van der Waals surface area (Å²) in [6.07, 6.45) is 0. The zero-order chi connectivity index (χ0) is 16.3. The minimum absolute atomic E-state index is 0.0909. The minimum Gasteiger partial charge on any atom is -0.346 e. The fourth-order valence-electron chi connectivity index (χ4n) is 2.43. The normalized spacial score (nSPS) is 11.8. The lowest BCUT2D eigenvalue weighted by Crippen LogP contribution is -2.27. The second-order valence-corrected chi connectivity index (χ2v) is 5.36. The topological polar surface area (TPSA) is 72.2 Å². The summed E-state index contributed by atoms with van der Waals surface area (Å²) in [4.78, 5) is 22.5. The molecule has 1 amide bonds. The van der Waals surface area contributed by atoms with E-state index in [1.165, 1.54) is 23.8 Å². The van der Waals surface area contributed by atoms with E-state index in [0.29, 0.717) is 0 Å². The lowest BCUT2D eigenvalue weighted by molar-refractivity contribution is -0.384. The predicted octanol–water partition coefficient (Wildman–Crippen LogP) is 3.70. The van der Waals surface area contributed by atoms with E-state index in [4.69, 9.17) is 0 Å². The molecule has 0 unspecified atom stereocenters. The van der Waals surface area contributed by atoms with Crippen molar-refractivity contribution in [3.63, 3.8) is 0 Å². The number of nitro benzene ring substituents is 1. The van der Waals surface area contributed by atoms with E-state index in [-0.39, 0.29) is 23.2 Å². The van der Waals surface area contributed by atoms with Crippen molar-refractivity contribution in [2.45, 2.75) is 26.8 Å². The van der Waals surface area contributed by atoms with Crippen LogP contribution in [0.25, 0.3) is 0 Å². The number of benzene rings is 2. The van der Waals surface area contributed by atoms with Crippen molar-refractivity contribution in [1.29, 1.82) is 0 Å². The first-order chi connectivity index (χ1) is 10.4. The fourth-order valence-corrected chi connectivity index (χ4v) is 2.43. The van der Waals surface area contributed by atoms with Gasteiger partial charge in [-0.1, -0.05) is 29.8 Å². The molecule has 2 rings (SSSR count). The van der Waals surface area contributed by atoms with Gasteiger partial charge in [0.15, 0.2) is 0 Å². The van der Waals surface area contributed by atoms with Crippen molar-refractivity contribution in [2.24, 2.45) is 0 Å². The molecule has 5 nitrogen and oxygen atoms in total. The first-order valence-electron chi connectivity index (χ1n) is 7.01. The quantitative estimate of drug-likeness (QED) is 0.691. The summed E-state index contributed by atoms with van der Waals surface area (Å²) in [7, 11) is 0. The Morgan fingerprint density at radius 3 is 2.55 bits per heavy atom. The Balaban J connectivity index is 2.17. The number of carbonyl (C=O) groups is 1. The highest BCUT2D eigenvalue weighted by atomic mass is 16.6. The van der Waals surface area contributed by atoms with Crippen LogP contribution in [-0.4, -0.2) is 10.8 Å². The van der Waals surface area contributed by atoms with Crippen LogP contribution in [0.1, 0.15) is 40.0 Å². The number of nitro groups is 1. The van der Waals surface area contributed by atoms with Gasteiger partial charge in [0.05, 0.1) is 11.0 Å². The summed E-state index contributed by atoms with van der Waals surface area (Å²) < 4.78 is 0. The summed E-state index contributed by atoms with van der Waals surface area (Å²) in [6, 6.07) is 11.6. The van der Waals surface area contributed by atoms with Crippen LogP contribution in [-0.2, 0) is 0 Å². The first kappa shape index (κ1) is 15.7. The van der Waals surface area contributed by atoms with Gasteiger partial charge in [0.1, 0.15) is 0 Å². The molecule has 0 aromatic heterocycles. The summed E-state index contributed by atoms with van der Waals surface area (Å²) in [5, 5.41) is 13.6. The van der Waals surface area contributed by atoms with Crippen molar-refractivity contribution in [1.82, 2.24) is 5.32 Å². The minimum atomic E-state index is -0.510. The van der Waals surface area contributed by atoms with Crippen LogP contribution in [0.3, 0.4) is 0 Å². The predicted molar refractivity (Wildman–Crippen MR) is 84.9 cm³/mol. The van der Waals surface area contributed by atoms with Crippen molar-refractivity contribution in [3.05, 3.63) is 74.8 Å². The number of amides is 1. The molecule has 114 valence electrons. The molecule has 5 heteroatoms. The Kier molecular flexibility index (Phi) is 4.56. The SMILES string of the molecule is Cc1ccc([C@H](C)NC(=O)c2cccc([N+](=O)[O-])c2)c(C)c1. The number of non-ortho nitro benzene ring substituents is 1. The van der Waals surface area contributed by atoms with Gasteiger partial charge in [-0.05, 0) is 38.0 Å². The van der Waals surface area contributed by atoms with Gasteiger partial charge in [0.2, 0.25) is 0 Å². The standard InChI is InChI=1S/C17H18N2O3/c1-11-7-8-16(12(2)9-11)13(3)18-17(20)14-5-4-6-15(10-14)19(21)22/h4-10,13H,1-3H3,(H,18,20)/t13-/m0/s1. The van der Waals surface area contributed by atoms with Crippen LogP contribution in [0.4, 0.5) is 5.69 Å². The molecule has 0 fully saturated rings. The zero-order valence-electron chi connectivity index (χ0n) is 12.8. The van der Waals surface area contributed by atoms with E-state index >= 15 is 0 Å². The van der Waals surface area contributed by atoms with Gasteiger partial charge in [-0.15, -0.1) is 0 Å². The van der Waals surface area contributed by atoms with Crippen molar-refractivity contribution < 1.29 is 9.72 Å². The van der Waals surface area contributed by atoms with Crippen LogP contribution < -0.4 is 5.32 Å². The summed E-state index contributed by atoms with van der Waals surface area (Å²) in [5.74, 6) is -0.323. The van der Waals surface area contributed by atoms with Crippen molar-refractivity contribution >= 4 is 11.6 Å². The van der Waals surface area contributed by atoms with Gasteiger partial charge in [-0.3, -0.25) is 14.9 Å². The molecule has 2 aromatic rings. The average molecular weight is 298 g/mol. The first-order valence-corrected chi connectivity index (χ1v) is 7.01. The third-order valence-electron chi connectivity index (χ3n) is 3.56. The second-order valence-electron chi connectivity index (χ2n) is 5.36. The smallest absolute Gasteiger partial charge is 0.270 e. The van der Waals surface area contributed by atoms with E-state index in [0.717, 1.165) is 11.1 Å². The molecule has 0 aliphatic rings. The molecule has 0 saturated heterocycles. The molecule has 2 aromatic carbocycles. The van der Waals surface area contributed by atoms with Gasteiger partial charge >= 0.3 is 0 Å². The number of aryl methyl sites for hydroxylation is 2. The van der Waals surface area contributed by atoms with Gasteiger partial charge in [-0.25, -0.2) is 0 Å². The van der Waals surface area contributed by atoms with Gasteiger partial charge in [0, 0.05) is 17.7 Å². The van der Waals surface area contributed by atoms with E-state index in [9.17, 15) is 14.9 Å². The van der Waals surface area contributed by atoms with Crippen LogP contribution in [0, 0.1) is 24.0 Å². The van der Waals surface area contributed by atoms with Gasteiger partial charge in [-0.2, -0.15) is 0 Å². The van der Waals surface area contributed by atoms with Gasteiger partial charge in [0.25, 0.3) is 11.6 Å². The van der Waals surface area contributed by atoms with Crippen LogP contribution >= 0.6 is 0 Å². The highest BCUT2D eigenvalue weighted by Crippen LogP contribution is 2.20. The number of nitrogens with zero attached hydrogens (tertiary/aromatic N) is 1. The average Bonchev–Trinajstić information content (AvgIpc) is 2.47. The molecule has 1 atom stereocenters. The Hall–Kier alpha value is -2.69. The number of carbonyl (C=O) groups excluding carboxylic acids is 1. The Morgan fingerprint density at radius 2 is 1.91 bits per heavy atom. The molecule has 0 saturated carbocycles. The highest BCUT2D eigenvalue weighted by Gasteiger charge is 2.15. The van der Waals surface area contributed by atoms with E-state index < -0.39 is 4.92 Å². The molecule has 0 heterocycles. The largest absolute Gasteiger partial charge is 0.346 e. The Labute approximate surface area is 129 Å². The lowest BCUT2D eigenvalue weighted by atomic mass is 10.00. The number of rotatable bonds is 4. The Bertz CT molecular complexity index is 726. The van der Waals surface area contributed by atoms with Crippen molar-refractivity contribution in [2.75, 3.05) is 0 Å². The zero-order valence-corrected chi connectivity index (χ0v) is 12.8.